The number of para-hydroxylation sites is 1. The van der Waals surface area contributed by atoms with Crippen LogP contribution in [0.1, 0.15) is 36.6 Å². The predicted octanol–water partition coefficient (Wildman–Crippen LogP) is 3.97. The minimum absolute atomic E-state index is 0.0294. The smallest absolute Gasteiger partial charge is 0.410 e. The maximum absolute atomic E-state index is 13.7. The number of methoxy groups -OCH3 is 1. The molecule has 9 heteroatoms. The van der Waals surface area contributed by atoms with Crippen LogP contribution in [0.4, 0.5) is 19.0 Å². The van der Waals surface area contributed by atoms with Gasteiger partial charge in [-0.2, -0.15) is 18.3 Å². The number of nitrogens with one attached hydrogen (secondary N) is 1. The number of benzene rings is 1. The van der Waals surface area contributed by atoms with E-state index in [-0.39, 0.29) is 30.7 Å². The van der Waals surface area contributed by atoms with Crippen molar-refractivity contribution in [3.05, 3.63) is 41.6 Å². The largest absolute Gasteiger partial charge is 0.496 e. The summed E-state index contributed by atoms with van der Waals surface area (Å²) in [5, 5.41) is 7.30. The Labute approximate surface area is 179 Å². The lowest BCUT2D eigenvalue weighted by atomic mass is 9.85. The lowest BCUT2D eigenvalue weighted by Gasteiger charge is -2.41. The minimum Gasteiger partial charge on any atom is -0.496 e. The van der Waals surface area contributed by atoms with Gasteiger partial charge >= 0.3 is 6.18 Å². The molecule has 3 heterocycles. The molecule has 4 rings (SSSR count). The van der Waals surface area contributed by atoms with Crippen LogP contribution in [0, 0.1) is 12.8 Å². The Bertz CT molecular complexity index is 943. The summed E-state index contributed by atoms with van der Waals surface area (Å²) in [5.74, 6) is 0.978. The molecule has 1 fully saturated rings. The van der Waals surface area contributed by atoms with Gasteiger partial charge in [-0.05, 0) is 38.2 Å². The Morgan fingerprint density at radius 3 is 2.84 bits per heavy atom. The van der Waals surface area contributed by atoms with Crippen molar-refractivity contribution in [3.63, 3.8) is 0 Å². The molecule has 1 N–H and O–H groups in total. The molecule has 0 spiro atoms. The Balaban J connectivity index is 1.47. The summed E-state index contributed by atoms with van der Waals surface area (Å²) < 4.78 is 47.6. The van der Waals surface area contributed by atoms with Gasteiger partial charge in [0.25, 0.3) is 0 Å². The van der Waals surface area contributed by atoms with Gasteiger partial charge in [-0.3, -0.25) is 4.79 Å². The molecule has 2 aliphatic heterocycles. The third-order valence-electron chi connectivity index (χ3n) is 6.26. The zero-order valence-electron chi connectivity index (χ0n) is 17.7. The fourth-order valence-corrected chi connectivity index (χ4v) is 4.72. The molecule has 0 bridgehead atoms. The number of amides is 1. The van der Waals surface area contributed by atoms with Crippen LogP contribution < -0.4 is 10.1 Å². The highest BCUT2D eigenvalue weighted by Crippen LogP contribution is 2.42. The second kappa shape index (κ2) is 8.43. The summed E-state index contributed by atoms with van der Waals surface area (Å²) in [6.45, 7) is 2.76. The number of halogens is 3. The van der Waals surface area contributed by atoms with Crippen LogP contribution in [-0.2, 0) is 11.2 Å². The zero-order chi connectivity index (χ0) is 22.2. The highest BCUT2D eigenvalue weighted by atomic mass is 19.4. The third kappa shape index (κ3) is 4.50. The molecule has 2 aliphatic rings. The van der Waals surface area contributed by atoms with Gasteiger partial charge in [0.15, 0.2) is 6.04 Å². The maximum atomic E-state index is 13.7. The topological polar surface area (TPSA) is 59.4 Å². The molecule has 0 saturated carbocycles. The molecule has 1 aromatic heterocycles. The van der Waals surface area contributed by atoms with Crippen LogP contribution in [0.25, 0.3) is 0 Å². The number of ether oxygens (including phenoxy) is 1. The van der Waals surface area contributed by atoms with E-state index in [4.69, 9.17) is 4.74 Å². The van der Waals surface area contributed by atoms with Crippen molar-refractivity contribution in [2.45, 2.75) is 50.9 Å². The summed E-state index contributed by atoms with van der Waals surface area (Å²) in [7, 11) is 1.57. The quantitative estimate of drug-likeness (QED) is 0.788. The van der Waals surface area contributed by atoms with E-state index in [9.17, 15) is 18.0 Å². The number of rotatable bonds is 4. The van der Waals surface area contributed by atoms with Crippen molar-refractivity contribution in [2.75, 3.05) is 25.5 Å². The number of carbonyl (C=O) groups excluding carboxylic acids is 1. The molecule has 0 aliphatic carbocycles. The van der Waals surface area contributed by atoms with E-state index >= 15 is 0 Å². The number of aromatic nitrogens is 2. The molecular formula is C22H27F3N4O2. The fraction of sp³-hybridized carbons (Fsp3) is 0.545. The average molecular weight is 436 g/mol. The first-order valence-corrected chi connectivity index (χ1v) is 10.6. The molecule has 31 heavy (non-hydrogen) atoms. The number of fused-ring (bicyclic) bond motifs is 1. The van der Waals surface area contributed by atoms with Gasteiger partial charge in [-0.15, -0.1) is 0 Å². The van der Waals surface area contributed by atoms with Crippen LogP contribution in [0.2, 0.25) is 0 Å². The van der Waals surface area contributed by atoms with Crippen molar-refractivity contribution in [1.82, 2.24) is 14.7 Å². The van der Waals surface area contributed by atoms with Gasteiger partial charge < -0.3 is 15.0 Å². The fourth-order valence-electron chi connectivity index (χ4n) is 4.72. The molecule has 1 amide bonds. The molecule has 2 aromatic rings. The first-order valence-electron chi connectivity index (χ1n) is 10.6. The number of hydrogen-bond donors (Lipinski definition) is 1. The standard InChI is InChI=1S/C22H27F3N4O2/c1-14-10-20-26-17(12-19(22(23,24)25)29(20)27-14)16-7-5-9-28(13-16)21(30)11-15-6-3-4-8-18(15)31-2/h3-4,6,8,10,16-17,19,26H,5,7,9,11-13H2,1-2H3/t16?,17-,19+/m0/s1. The van der Waals surface area contributed by atoms with Crippen molar-refractivity contribution in [3.8, 4) is 5.75 Å². The van der Waals surface area contributed by atoms with Crippen molar-refractivity contribution < 1.29 is 22.7 Å². The molecule has 1 saturated heterocycles. The molecule has 3 atom stereocenters. The number of aryl methyl sites for hydroxylation is 1. The SMILES string of the molecule is COc1ccccc1CC(=O)N1CCCC([C@@H]2C[C@H](C(F)(F)F)n3nc(C)cc3N2)C1. The molecule has 1 aromatic carbocycles. The highest BCUT2D eigenvalue weighted by Gasteiger charge is 2.47. The van der Waals surface area contributed by atoms with Crippen LogP contribution >= 0.6 is 0 Å². The van der Waals surface area contributed by atoms with Gasteiger partial charge in [0, 0.05) is 30.8 Å². The predicted molar refractivity (Wildman–Crippen MR) is 110 cm³/mol. The van der Waals surface area contributed by atoms with Gasteiger partial charge in [0.1, 0.15) is 11.6 Å². The highest BCUT2D eigenvalue weighted by molar-refractivity contribution is 5.79. The van der Waals surface area contributed by atoms with E-state index in [0.717, 1.165) is 23.1 Å². The molecular weight excluding hydrogens is 409 g/mol. The van der Waals surface area contributed by atoms with Crippen LogP contribution in [0.15, 0.2) is 30.3 Å². The van der Waals surface area contributed by atoms with E-state index in [0.29, 0.717) is 30.4 Å². The van der Waals surface area contributed by atoms with Gasteiger partial charge in [-0.25, -0.2) is 4.68 Å². The van der Waals surface area contributed by atoms with Crippen LogP contribution in [-0.4, -0.2) is 53.0 Å². The van der Waals surface area contributed by atoms with Gasteiger partial charge in [0.05, 0.1) is 19.2 Å². The number of hydrogen-bond acceptors (Lipinski definition) is 4. The van der Waals surface area contributed by atoms with E-state index in [1.54, 1.807) is 25.0 Å². The number of carbonyl (C=O) groups is 1. The summed E-state index contributed by atoms with van der Waals surface area (Å²) in [4.78, 5) is 14.7. The summed E-state index contributed by atoms with van der Waals surface area (Å²) in [5.41, 5.74) is 1.36. The van der Waals surface area contributed by atoms with E-state index in [1.807, 2.05) is 24.3 Å². The molecule has 6 nitrogen and oxygen atoms in total. The number of anilines is 1. The van der Waals surface area contributed by atoms with Gasteiger partial charge in [-0.1, -0.05) is 18.2 Å². The Morgan fingerprint density at radius 1 is 1.32 bits per heavy atom. The summed E-state index contributed by atoms with van der Waals surface area (Å²) in [6.07, 6.45) is -2.69. The van der Waals surface area contributed by atoms with Crippen molar-refractivity contribution in [2.24, 2.45) is 5.92 Å². The third-order valence-corrected chi connectivity index (χ3v) is 6.26. The lowest BCUT2D eigenvalue weighted by Crippen LogP contribution is -2.49. The number of alkyl halides is 3. The van der Waals surface area contributed by atoms with E-state index < -0.39 is 12.2 Å². The Kier molecular flexibility index (Phi) is 5.85. The van der Waals surface area contributed by atoms with Gasteiger partial charge in [0.2, 0.25) is 5.91 Å². The first kappa shape index (κ1) is 21.5. The normalized spacial score (nSPS) is 23.8. The first-order chi connectivity index (χ1) is 14.8. The lowest BCUT2D eigenvalue weighted by molar-refractivity contribution is -0.175. The molecule has 168 valence electrons. The van der Waals surface area contributed by atoms with Crippen molar-refractivity contribution in [1.29, 1.82) is 0 Å². The maximum Gasteiger partial charge on any atom is 0.410 e. The average Bonchev–Trinajstić information content (AvgIpc) is 3.12. The zero-order valence-corrected chi connectivity index (χ0v) is 17.7. The van der Waals surface area contributed by atoms with Crippen LogP contribution in [0.5, 0.6) is 5.75 Å². The second-order valence-electron chi connectivity index (χ2n) is 8.39. The van der Waals surface area contributed by atoms with Crippen LogP contribution in [0.3, 0.4) is 0 Å². The second-order valence-corrected chi connectivity index (χ2v) is 8.39. The van der Waals surface area contributed by atoms with E-state index in [1.165, 1.54) is 0 Å². The monoisotopic (exact) mass is 436 g/mol. The number of piperidine rings is 1. The summed E-state index contributed by atoms with van der Waals surface area (Å²) in [6, 6.07) is 7.02. The van der Waals surface area contributed by atoms with E-state index in [2.05, 4.69) is 10.4 Å². The van der Waals surface area contributed by atoms with Crippen molar-refractivity contribution >= 4 is 11.7 Å². The molecule has 0 radical (unpaired) electrons. The Morgan fingerprint density at radius 2 is 2.10 bits per heavy atom. The number of nitrogens with zero attached hydrogens (tertiary/aromatic N) is 3. The Hall–Kier alpha value is -2.71. The number of likely N-dealkylation sites (tertiary alicyclic amines) is 1. The minimum atomic E-state index is -4.37. The summed E-state index contributed by atoms with van der Waals surface area (Å²) >= 11 is 0. The molecule has 1 unspecified atom stereocenters.